The fraction of sp³-hybridized carbons (Fsp3) is 0.146. The molecule has 0 aliphatic carbocycles. The number of carbonyl (C=O) groups excluding carboxylic acids is 1. The van der Waals surface area contributed by atoms with Gasteiger partial charge in [-0.05, 0) is 96.8 Å². The Morgan fingerprint density at radius 3 is 2.43 bits per heavy atom. The Kier molecular flexibility index (Phi) is 10.0. The summed E-state index contributed by atoms with van der Waals surface area (Å²) in [6, 6.07) is 33.2. The van der Waals surface area contributed by atoms with Gasteiger partial charge in [0.25, 0.3) is 21.5 Å². The predicted octanol–water partition coefficient (Wildman–Crippen LogP) is 8.05. The van der Waals surface area contributed by atoms with E-state index in [1.54, 1.807) is 67.1 Å². The minimum atomic E-state index is -4.06. The predicted molar refractivity (Wildman–Crippen MR) is 208 cm³/mol. The maximum Gasteiger partial charge on any atom is 0.265 e. The topological polar surface area (TPSA) is 120 Å². The smallest absolute Gasteiger partial charge is 0.265 e. The highest BCUT2D eigenvalue weighted by Crippen LogP contribution is 2.34. The van der Waals surface area contributed by atoms with Crippen LogP contribution < -0.4 is 24.7 Å². The number of rotatable bonds is 11. The number of hydrogen-bond donors (Lipinski definition) is 1. The van der Waals surface area contributed by atoms with Crippen molar-refractivity contribution in [2.45, 2.75) is 31.4 Å². The summed E-state index contributed by atoms with van der Waals surface area (Å²) in [5, 5.41) is 3.18. The molecule has 0 fully saturated rings. The Bertz CT molecular complexity index is 2540. The van der Waals surface area contributed by atoms with E-state index in [9.17, 15) is 18.0 Å². The SMILES string of the molecule is CCN(c1ccccc1)S(=O)(=O)c1cc(NC(=O)c2ccc3c(=O)n4c(nc3c2)/C(=C/c2ccc(OC)c(OCc3ccccc3)c2)CC4)ccc1Cl. The molecule has 1 aromatic heterocycles. The Morgan fingerprint density at radius 1 is 0.943 bits per heavy atom. The van der Waals surface area contributed by atoms with Gasteiger partial charge in [-0.15, -0.1) is 0 Å². The first-order valence-corrected chi connectivity index (χ1v) is 18.8. The molecule has 0 atom stereocenters. The van der Waals surface area contributed by atoms with E-state index in [1.807, 2.05) is 54.6 Å². The third kappa shape index (κ3) is 7.26. The van der Waals surface area contributed by atoms with Crippen LogP contribution in [0.25, 0.3) is 22.6 Å². The largest absolute Gasteiger partial charge is 0.493 e. The number of para-hydroxylation sites is 1. The highest BCUT2D eigenvalue weighted by Gasteiger charge is 2.27. The van der Waals surface area contributed by atoms with E-state index in [0.717, 1.165) is 16.7 Å². The molecule has 0 spiro atoms. The van der Waals surface area contributed by atoms with Crippen LogP contribution in [0.2, 0.25) is 5.02 Å². The average Bonchev–Trinajstić information content (AvgIpc) is 3.57. The second kappa shape index (κ2) is 15.0. The summed E-state index contributed by atoms with van der Waals surface area (Å²) in [5.74, 6) is 1.21. The van der Waals surface area contributed by atoms with Crippen molar-refractivity contribution in [2.75, 3.05) is 23.3 Å². The summed E-state index contributed by atoms with van der Waals surface area (Å²) < 4.78 is 42.0. The van der Waals surface area contributed by atoms with E-state index in [1.165, 1.54) is 22.5 Å². The first kappa shape index (κ1) is 35.5. The molecule has 10 nitrogen and oxygen atoms in total. The molecule has 0 saturated carbocycles. The number of sulfonamides is 1. The number of anilines is 2. The maximum absolute atomic E-state index is 13.7. The lowest BCUT2D eigenvalue weighted by Crippen LogP contribution is -2.31. The number of hydrogen-bond acceptors (Lipinski definition) is 7. The number of allylic oxidation sites excluding steroid dienone is 1. The first-order chi connectivity index (χ1) is 25.7. The molecular weight excluding hydrogens is 712 g/mol. The number of halogens is 1. The molecule has 268 valence electrons. The van der Waals surface area contributed by atoms with Crippen LogP contribution in [0.1, 0.15) is 40.7 Å². The Labute approximate surface area is 312 Å². The van der Waals surface area contributed by atoms with Gasteiger partial charge in [0.1, 0.15) is 17.3 Å². The third-order valence-corrected chi connectivity index (χ3v) is 11.3. The number of nitrogens with one attached hydrogen (secondary N) is 1. The van der Waals surface area contributed by atoms with Gasteiger partial charge >= 0.3 is 0 Å². The van der Waals surface area contributed by atoms with Crippen molar-refractivity contribution >= 4 is 61.5 Å². The van der Waals surface area contributed by atoms with Crippen molar-refractivity contribution in [3.8, 4) is 11.5 Å². The Morgan fingerprint density at radius 2 is 1.70 bits per heavy atom. The number of nitrogens with zero attached hydrogens (tertiary/aromatic N) is 3. The summed E-state index contributed by atoms with van der Waals surface area (Å²) in [6.45, 7) is 2.76. The molecule has 0 saturated heterocycles. The van der Waals surface area contributed by atoms with Crippen molar-refractivity contribution < 1.29 is 22.7 Å². The highest BCUT2D eigenvalue weighted by atomic mass is 35.5. The van der Waals surface area contributed by atoms with Crippen LogP contribution >= 0.6 is 11.6 Å². The van der Waals surface area contributed by atoms with Crippen molar-refractivity contribution in [3.63, 3.8) is 0 Å². The number of fused-ring (bicyclic) bond motifs is 2. The van der Waals surface area contributed by atoms with Gasteiger partial charge in [-0.3, -0.25) is 18.5 Å². The first-order valence-electron chi connectivity index (χ1n) is 16.9. The van der Waals surface area contributed by atoms with Crippen LogP contribution in [0, 0.1) is 0 Å². The number of amides is 1. The van der Waals surface area contributed by atoms with Gasteiger partial charge in [0, 0.05) is 24.3 Å². The van der Waals surface area contributed by atoms with E-state index >= 15 is 0 Å². The molecule has 0 bridgehead atoms. The average molecular weight is 747 g/mol. The van der Waals surface area contributed by atoms with Gasteiger partial charge in [0.05, 0.1) is 28.7 Å². The normalized spacial score (nSPS) is 13.2. The zero-order valence-corrected chi connectivity index (χ0v) is 30.5. The van der Waals surface area contributed by atoms with Crippen LogP contribution in [0.15, 0.2) is 125 Å². The van der Waals surface area contributed by atoms with Gasteiger partial charge < -0.3 is 14.8 Å². The molecule has 53 heavy (non-hydrogen) atoms. The molecule has 2 heterocycles. The van der Waals surface area contributed by atoms with Crippen LogP contribution in [0.4, 0.5) is 11.4 Å². The van der Waals surface area contributed by atoms with E-state index in [2.05, 4.69) is 5.32 Å². The van der Waals surface area contributed by atoms with Gasteiger partial charge in [-0.25, -0.2) is 13.4 Å². The van der Waals surface area contributed by atoms with Gasteiger partial charge in [0.15, 0.2) is 11.5 Å². The lowest BCUT2D eigenvalue weighted by molar-refractivity contribution is 0.102. The van der Waals surface area contributed by atoms with Crippen LogP contribution in [0.5, 0.6) is 11.5 Å². The van der Waals surface area contributed by atoms with E-state index in [-0.39, 0.29) is 33.3 Å². The van der Waals surface area contributed by atoms with E-state index in [0.29, 0.717) is 53.5 Å². The van der Waals surface area contributed by atoms with Crippen LogP contribution in [0.3, 0.4) is 0 Å². The minimum absolute atomic E-state index is 0.0241. The van der Waals surface area contributed by atoms with Crippen molar-refractivity contribution in [3.05, 3.63) is 153 Å². The monoisotopic (exact) mass is 746 g/mol. The summed E-state index contributed by atoms with van der Waals surface area (Å²) in [4.78, 5) is 31.8. The third-order valence-electron chi connectivity index (χ3n) is 8.96. The zero-order valence-electron chi connectivity index (χ0n) is 29.0. The molecule has 0 unspecified atom stereocenters. The quantitative estimate of drug-likeness (QED) is 0.143. The number of benzene rings is 5. The second-order valence-electron chi connectivity index (χ2n) is 12.3. The highest BCUT2D eigenvalue weighted by molar-refractivity contribution is 7.93. The Hall–Kier alpha value is -5.91. The summed E-state index contributed by atoms with van der Waals surface area (Å²) in [7, 11) is -2.47. The van der Waals surface area contributed by atoms with Crippen molar-refractivity contribution in [2.24, 2.45) is 0 Å². The lowest BCUT2D eigenvalue weighted by atomic mass is 10.1. The minimum Gasteiger partial charge on any atom is -0.493 e. The number of aromatic nitrogens is 2. The van der Waals surface area contributed by atoms with E-state index < -0.39 is 15.9 Å². The number of carbonyl (C=O) groups is 1. The molecule has 5 aromatic carbocycles. The van der Waals surface area contributed by atoms with Gasteiger partial charge in [-0.1, -0.05) is 66.2 Å². The molecule has 6 aromatic rings. The number of methoxy groups -OCH3 is 1. The van der Waals surface area contributed by atoms with E-state index in [4.69, 9.17) is 26.1 Å². The van der Waals surface area contributed by atoms with Gasteiger partial charge in [0.2, 0.25) is 0 Å². The molecule has 1 aliphatic rings. The fourth-order valence-corrected chi connectivity index (χ4v) is 8.29. The maximum atomic E-state index is 13.7. The summed E-state index contributed by atoms with van der Waals surface area (Å²) >= 11 is 6.40. The summed E-state index contributed by atoms with van der Waals surface area (Å²) in [5.41, 5.74) is 3.89. The second-order valence-corrected chi connectivity index (χ2v) is 14.6. The van der Waals surface area contributed by atoms with Crippen LogP contribution in [-0.4, -0.2) is 37.5 Å². The molecular formula is C41H35ClN4O6S. The molecule has 12 heteroatoms. The van der Waals surface area contributed by atoms with Crippen molar-refractivity contribution in [1.29, 1.82) is 0 Å². The van der Waals surface area contributed by atoms with Gasteiger partial charge in [-0.2, -0.15) is 0 Å². The molecule has 1 aliphatic heterocycles. The fourth-order valence-electron chi connectivity index (χ4n) is 6.31. The van der Waals surface area contributed by atoms with Crippen LogP contribution in [-0.2, 0) is 23.2 Å². The number of ether oxygens (including phenoxy) is 2. The Balaban J connectivity index is 1.15. The lowest BCUT2D eigenvalue weighted by Gasteiger charge is -2.23. The molecule has 7 rings (SSSR count). The summed E-state index contributed by atoms with van der Waals surface area (Å²) in [6.07, 6.45) is 2.58. The molecule has 0 radical (unpaired) electrons. The standard InChI is InChI=1S/C41H35ClN4O6S/c1-3-46(32-12-8-5-9-13-32)53(49,50)38-25-31(16-18-34(38)42)43-40(47)30-15-17-33-35(24-30)44-39-29(20-21-45(39)41(33)48)22-28-14-19-36(51-2)37(23-28)52-26-27-10-6-4-7-11-27/h4-19,22-25H,3,20-21,26H2,1-2H3,(H,43,47)/b29-22+. The zero-order chi connectivity index (χ0) is 37.1. The molecule has 1 N–H and O–H groups in total. The molecule has 1 amide bonds. The van der Waals surface area contributed by atoms with Crippen molar-refractivity contribution in [1.82, 2.24) is 9.55 Å².